The van der Waals surface area contributed by atoms with Gasteiger partial charge in [-0.2, -0.15) is 0 Å². The molecule has 0 spiro atoms. The van der Waals surface area contributed by atoms with Gasteiger partial charge in [0.1, 0.15) is 6.61 Å². The van der Waals surface area contributed by atoms with Gasteiger partial charge < -0.3 is 4.74 Å². The molecular weight excluding hydrogens is 150 g/mol. The maximum absolute atomic E-state index is 9.93. The molecule has 0 aromatic rings. The highest BCUT2D eigenvalue weighted by Gasteiger charge is 1.83. The molecule has 0 aromatic carbocycles. The molecule has 0 unspecified atom stereocenters. The fourth-order valence-corrected chi connectivity index (χ4v) is 0.176. The molecule has 56 valence electrons. The van der Waals surface area contributed by atoms with E-state index in [0.717, 1.165) is 0 Å². The molecule has 0 saturated heterocycles. The molecule has 0 aliphatic carbocycles. The summed E-state index contributed by atoms with van der Waals surface area (Å²) in [6.45, 7) is 5.03. The Labute approximate surface area is 65.2 Å². The number of carbonyl (C=O) groups is 1. The summed E-state index contributed by atoms with van der Waals surface area (Å²) in [6.07, 6.45) is 1.53. The first-order valence-electron chi connectivity index (χ1n) is 2.47. The largest absolute Gasteiger partial charge is 0.462 e. The molecule has 0 fully saturated rings. The van der Waals surface area contributed by atoms with Crippen LogP contribution >= 0.6 is 12.2 Å². The lowest BCUT2D eigenvalue weighted by molar-refractivity contribution is -0.139. The molecule has 0 aliphatic rings. The number of rotatable bonds is 2. The number of hydrogen-bond donors (Lipinski definition) is 1. The molecule has 0 atom stereocenters. The maximum Gasteiger partial charge on any atom is 0.302 e. The highest BCUT2D eigenvalue weighted by atomic mass is 32.1. The van der Waals surface area contributed by atoms with Crippen molar-refractivity contribution in [1.82, 2.24) is 0 Å². The maximum atomic E-state index is 9.93. The summed E-state index contributed by atoms with van der Waals surface area (Å²) >= 11 is 3.81. The third-order valence-electron chi connectivity index (χ3n) is 0.404. The van der Waals surface area contributed by atoms with E-state index in [-0.39, 0.29) is 5.97 Å². The predicted molar refractivity (Wildman–Crippen MR) is 42.1 cm³/mol. The molecule has 10 heavy (non-hydrogen) atoms. The first-order chi connectivity index (χ1) is 4.68. The van der Waals surface area contributed by atoms with Crippen LogP contribution in [0.15, 0.2) is 12.7 Å². The molecule has 0 amide bonds. The molecule has 0 heterocycles. The Morgan fingerprint density at radius 2 is 2.40 bits per heavy atom. The monoisotopic (exact) mass is 159 g/mol. The number of hydrogen-bond acceptors (Lipinski definition) is 4. The van der Waals surface area contributed by atoms with Gasteiger partial charge in [0.25, 0.3) is 0 Å². The predicted octanol–water partition coefficient (Wildman–Crippen LogP) is 1.40. The van der Waals surface area contributed by atoms with E-state index in [0.29, 0.717) is 6.61 Å². The summed E-state index contributed by atoms with van der Waals surface area (Å²) in [4.78, 5) is 9.93. The lowest BCUT2D eigenvalue weighted by Gasteiger charge is -1.90. The van der Waals surface area contributed by atoms with Crippen molar-refractivity contribution in [2.75, 3.05) is 6.61 Å². The minimum Gasteiger partial charge on any atom is -0.462 e. The van der Waals surface area contributed by atoms with E-state index >= 15 is 0 Å². The van der Waals surface area contributed by atoms with Crippen LogP contribution in [0.4, 0.5) is 0 Å². The van der Waals surface area contributed by atoms with Crippen molar-refractivity contribution < 1.29 is 9.53 Å². The van der Waals surface area contributed by atoms with Crippen LogP contribution in [0.5, 0.6) is 0 Å². The smallest absolute Gasteiger partial charge is 0.302 e. The number of esters is 1. The summed E-state index contributed by atoms with van der Waals surface area (Å²) in [7, 11) is 0. The molecule has 0 aliphatic heterocycles. The van der Waals surface area contributed by atoms with Gasteiger partial charge >= 0.3 is 5.97 Å². The molecule has 0 aromatic heterocycles. The zero-order valence-electron chi connectivity index (χ0n) is 5.72. The van der Waals surface area contributed by atoms with Crippen LogP contribution in [0.2, 0.25) is 0 Å². The number of thiocarbonyl (C=S) groups is 1. The van der Waals surface area contributed by atoms with Crippen LogP contribution in [0.25, 0.3) is 0 Å². The lowest BCUT2D eigenvalue weighted by atomic mass is 10.7. The van der Waals surface area contributed by atoms with Gasteiger partial charge in [-0.3, -0.25) is 4.79 Å². The van der Waals surface area contributed by atoms with Crippen molar-refractivity contribution in [2.24, 2.45) is 0 Å². The third kappa shape index (κ3) is 27.9. The quantitative estimate of drug-likeness (QED) is 0.287. The van der Waals surface area contributed by atoms with Crippen molar-refractivity contribution in [3.63, 3.8) is 0 Å². The van der Waals surface area contributed by atoms with Crippen LogP contribution < -0.4 is 0 Å². The normalized spacial score (nSPS) is 6.10. The minimum absolute atomic E-state index is 0.264. The van der Waals surface area contributed by atoms with E-state index in [1.807, 2.05) is 0 Å². The zero-order chi connectivity index (χ0) is 8.41. The lowest BCUT2D eigenvalue weighted by Crippen LogP contribution is -1.96. The topological polar surface area (TPSA) is 50.2 Å². The number of carbonyl (C=O) groups excluding carboxylic acids is 1. The average molecular weight is 159 g/mol. The second-order valence-electron chi connectivity index (χ2n) is 1.19. The number of ether oxygens (including phenoxy) is 1. The van der Waals surface area contributed by atoms with Crippen LogP contribution in [0.3, 0.4) is 0 Å². The van der Waals surface area contributed by atoms with Gasteiger partial charge in [0.2, 0.25) is 0 Å². The van der Waals surface area contributed by atoms with E-state index in [4.69, 9.17) is 5.41 Å². The molecular formula is C6H9NO2S. The Balaban J connectivity index is 0. The van der Waals surface area contributed by atoms with E-state index in [1.165, 1.54) is 13.0 Å². The second-order valence-corrected chi connectivity index (χ2v) is 1.40. The zero-order valence-corrected chi connectivity index (χ0v) is 6.53. The van der Waals surface area contributed by atoms with Gasteiger partial charge in [0.15, 0.2) is 0 Å². The number of isothiocyanates is 1. The summed E-state index contributed by atoms with van der Waals surface area (Å²) in [5, 5.41) is 7.36. The van der Waals surface area contributed by atoms with Crippen LogP contribution in [-0.2, 0) is 9.53 Å². The van der Waals surface area contributed by atoms with Gasteiger partial charge in [-0.05, 0) is 12.2 Å². The highest BCUT2D eigenvalue weighted by molar-refractivity contribution is 7.78. The molecule has 0 saturated carbocycles. The van der Waals surface area contributed by atoms with Gasteiger partial charge in [-0.15, -0.1) is 0 Å². The van der Waals surface area contributed by atoms with Gasteiger partial charge in [0.05, 0.1) is 5.16 Å². The summed E-state index contributed by atoms with van der Waals surface area (Å²) < 4.78 is 4.43. The Morgan fingerprint density at radius 3 is 2.50 bits per heavy atom. The summed E-state index contributed by atoms with van der Waals surface area (Å²) in [5.74, 6) is -0.264. The summed E-state index contributed by atoms with van der Waals surface area (Å²) in [6, 6.07) is 0. The van der Waals surface area contributed by atoms with E-state index in [2.05, 4.69) is 23.5 Å². The van der Waals surface area contributed by atoms with Crippen molar-refractivity contribution in [3.05, 3.63) is 12.7 Å². The summed E-state index contributed by atoms with van der Waals surface area (Å²) in [5.41, 5.74) is 0. The first-order valence-corrected chi connectivity index (χ1v) is 2.88. The fourth-order valence-electron chi connectivity index (χ4n) is 0.176. The highest BCUT2D eigenvalue weighted by Crippen LogP contribution is 1.73. The first kappa shape index (κ1) is 11.8. The Morgan fingerprint density at radius 1 is 2.00 bits per heavy atom. The third-order valence-corrected chi connectivity index (χ3v) is 0.404. The van der Waals surface area contributed by atoms with Crippen LogP contribution in [-0.4, -0.2) is 17.7 Å². The Bertz CT molecular complexity index is 139. The van der Waals surface area contributed by atoms with E-state index in [1.54, 1.807) is 5.16 Å². The van der Waals surface area contributed by atoms with Crippen molar-refractivity contribution >= 4 is 23.3 Å². The molecule has 1 N–H and O–H groups in total. The number of nitrogens with one attached hydrogen (secondary N) is 1. The van der Waals surface area contributed by atoms with Gasteiger partial charge in [0, 0.05) is 6.92 Å². The molecule has 0 bridgehead atoms. The Kier molecular flexibility index (Phi) is 12.8. The standard InChI is InChI=1S/C5H8O2.CHNS/c1-3-4-7-5(2)6;2-1-3/h3H,1,4H2,2H3;2H. The molecule has 0 rings (SSSR count). The van der Waals surface area contributed by atoms with Crippen molar-refractivity contribution in [3.8, 4) is 0 Å². The van der Waals surface area contributed by atoms with Crippen molar-refractivity contribution in [1.29, 1.82) is 5.41 Å². The van der Waals surface area contributed by atoms with Gasteiger partial charge in [-0.25, -0.2) is 5.41 Å². The molecule has 0 radical (unpaired) electrons. The average Bonchev–Trinajstić information content (AvgIpc) is 1.85. The molecule has 4 heteroatoms. The fraction of sp³-hybridized carbons (Fsp3) is 0.333. The van der Waals surface area contributed by atoms with Crippen LogP contribution in [0, 0.1) is 5.41 Å². The Hall–Kier alpha value is -0.990. The minimum atomic E-state index is -0.264. The van der Waals surface area contributed by atoms with Crippen LogP contribution in [0.1, 0.15) is 6.92 Å². The van der Waals surface area contributed by atoms with E-state index in [9.17, 15) is 4.79 Å². The van der Waals surface area contributed by atoms with E-state index < -0.39 is 0 Å². The SMILES string of the molecule is C=CCOC(C)=O.N=C=S. The second kappa shape index (κ2) is 10.9. The van der Waals surface area contributed by atoms with Gasteiger partial charge in [-0.1, -0.05) is 12.7 Å². The van der Waals surface area contributed by atoms with Crippen molar-refractivity contribution in [2.45, 2.75) is 6.92 Å². The molecule has 3 nitrogen and oxygen atoms in total.